The van der Waals surface area contributed by atoms with Crippen LogP contribution in [0.1, 0.15) is 12.0 Å². The highest BCUT2D eigenvalue weighted by Crippen LogP contribution is 2.17. The van der Waals surface area contributed by atoms with Crippen molar-refractivity contribution >= 4 is 50.1 Å². The molecule has 1 aromatic carbocycles. The Kier molecular flexibility index (Phi) is 4.90. The molecule has 66 valence electrons. The maximum Gasteiger partial charge on any atom is 0.0419 e. The molecule has 0 atom stereocenters. The molecule has 0 nitrogen and oxygen atoms in total. The highest BCUT2D eigenvalue weighted by Gasteiger charge is 1.96. The van der Waals surface area contributed by atoms with Gasteiger partial charge in [-0.3, -0.25) is 0 Å². The zero-order valence-electron chi connectivity index (χ0n) is 6.49. The zero-order chi connectivity index (χ0) is 8.97. The van der Waals surface area contributed by atoms with E-state index in [1.807, 2.05) is 12.1 Å². The van der Waals surface area contributed by atoms with E-state index in [0.29, 0.717) is 0 Å². The van der Waals surface area contributed by atoms with Gasteiger partial charge in [-0.25, -0.2) is 0 Å². The van der Waals surface area contributed by atoms with Crippen molar-refractivity contribution in [2.75, 3.05) is 5.33 Å². The van der Waals surface area contributed by atoms with Gasteiger partial charge in [0.1, 0.15) is 0 Å². The number of benzene rings is 1. The minimum atomic E-state index is 0.839. The molecule has 0 spiro atoms. The molecule has 0 saturated heterocycles. The van der Waals surface area contributed by atoms with Gasteiger partial charge in [-0.15, -0.1) is 0 Å². The summed E-state index contributed by atoms with van der Waals surface area (Å²) in [4.78, 5) is 0. The molecule has 1 aromatic rings. The van der Waals surface area contributed by atoms with Gasteiger partial charge in [0, 0.05) is 13.9 Å². The number of aryl methyl sites for hydroxylation is 1. The van der Waals surface area contributed by atoms with Crippen molar-refractivity contribution in [3.05, 3.63) is 32.4 Å². The Morgan fingerprint density at radius 2 is 2.08 bits per heavy atom. The molecule has 0 fully saturated rings. The monoisotopic (exact) mass is 358 g/mol. The molecular weight excluding hydrogens is 350 g/mol. The Hall–Kier alpha value is 0.720. The van der Waals surface area contributed by atoms with Crippen LogP contribution in [-0.2, 0) is 6.42 Å². The quantitative estimate of drug-likeness (QED) is 0.558. The molecule has 0 aromatic heterocycles. The highest BCUT2D eigenvalue weighted by atomic mass is 127. The first-order valence-corrected chi connectivity index (χ1v) is 6.31. The molecule has 1 rings (SSSR count). The molecule has 0 radical (unpaired) electrons. The first kappa shape index (κ1) is 10.8. The van der Waals surface area contributed by atoms with Crippen LogP contribution < -0.4 is 0 Å². The lowest BCUT2D eigenvalue weighted by atomic mass is 10.1. The van der Waals surface area contributed by atoms with E-state index < -0.39 is 0 Å². The maximum atomic E-state index is 5.91. The molecule has 0 aliphatic rings. The lowest BCUT2D eigenvalue weighted by molar-refractivity contribution is 0.938. The first-order chi connectivity index (χ1) is 5.72. The zero-order valence-corrected chi connectivity index (χ0v) is 11.0. The van der Waals surface area contributed by atoms with Crippen molar-refractivity contribution < 1.29 is 0 Å². The highest BCUT2D eigenvalue weighted by molar-refractivity contribution is 14.1. The van der Waals surface area contributed by atoms with Crippen LogP contribution in [0.15, 0.2) is 18.2 Å². The van der Waals surface area contributed by atoms with Crippen molar-refractivity contribution in [1.29, 1.82) is 0 Å². The third kappa shape index (κ3) is 3.62. The van der Waals surface area contributed by atoms with Crippen LogP contribution in [-0.4, -0.2) is 5.33 Å². The summed E-state index contributed by atoms with van der Waals surface area (Å²) in [5.74, 6) is 0. The van der Waals surface area contributed by atoms with E-state index >= 15 is 0 Å². The van der Waals surface area contributed by atoms with Crippen LogP contribution >= 0.6 is 50.1 Å². The van der Waals surface area contributed by atoms with E-state index in [2.05, 4.69) is 44.6 Å². The summed E-state index contributed by atoms with van der Waals surface area (Å²) in [6, 6.07) is 6.18. The lowest BCUT2D eigenvalue weighted by Gasteiger charge is -2.01. The average Bonchev–Trinajstić information content (AvgIpc) is 1.99. The second-order valence-corrected chi connectivity index (χ2v) is 5.05. The Balaban J connectivity index is 2.72. The second kappa shape index (κ2) is 5.45. The maximum absolute atomic E-state index is 5.91. The largest absolute Gasteiger partial charge is 0.0928 e. The average molecular weight is 359 g/mol. The molecule has 0 aliphatic heterocycles. The van der Waals surface area contributed by atoms with E-state index in [1.165, 1.54) is 9.13 Å². The van der Waals surface area contributed by atoms with Crippen molar-refractivity contribution in [1.82, 2.24) is 0 Å². The van der Waals surface area contributed by atoms with Crippen molar-refractivity contribution in [2.24, 2.45) is 0 Å². The molecule has 3 heteroatoms. The lowest BCUT2D eigenvalue weighted by Crippen LogP contribution is -1.87. The predicted molar refractivity (Wildman–Crippen MR) is 66.3 cm³/mol. The van der Waals surface area contributed by atoms with Crippen molar-refractivity contribution in [2.45, 2.75) is 12.8 Å². The summed E-state index contributed by atoms with van der Waals surface area (Å²) in [6.45, 7) is 0. The van der Waals surface area contributed by atoms with E-state index in [0.717, 1.165) is 23.2 Å². The van der Waals surface area contributed by atoms with Gasteiger partial charge < -0.3 is 0 Å². The van der Waals surface area contributed by atoms with Crippen LogP contribution in [0.5, 0.6) is 0 Å². The summed E-state index contributed by atoms with van der Waals surface area (Å²) < 4.78 is 1.21. The van der Waals surface area contributed by atoms with Crippen LogP contribution in [0.2, 0.25) is 5.02 Å². The van der Waals surface area contributed by atoms with Gasteiger partial charge >= 0.3 is 0 Å². The van der Waals surface area contributed by atoms with Gasteiger partial charge in [0.05, 0.1) is 0 Å². The molecule has 0 bridgehead atoms. The number of halogens is 3. The Morgan fingerprint density at radius 3 is 2.67 bits per heavy atom. The van der Waals surface area contributed by atoms with Gasteiger partial charge in [-0.1, -0.05) is 27.5 Å². The first-order valence-electron chi connectivity index (χ1n) is 3.73. The van der Waals surface area contributed by atoms with E-state index in [4.69, 9.17) is 11.6 Å². The van der Waals surface area contributed by atoms with Crippen LogP contribution in [0, 0.1) is 3.57 Å². The summed E-state index contributed by atoms with van der Waals surface area (Å²) in [5, 5.41) is 1.89. The SMILES string of the molecule is Clc1cc(I)cc(CCCBr)c1. The number of hydrogen-bond acceptors (Lipinski definition) is 0. The topological polar surface area (TPSA) is 0 Å². The fourth-order valence-electron chi connectivity index (χ4n) is 1.03. The van der Waals surface area contributed by atoms with Gasteiger partial charge in [-0.2, -0.15) is 0 Å². The van der Waals surface area contributed by atoms with E-state index in [9.17, 15) is 0 Å². The van der Waals surface area contributed by atoms with Gasteiger partial charge in [-0.05, 0) is 59.2 Å². The summed E-state index contributed by atoms with van der Waals surface area (Å²) >= 11 is 11.6. The number of rotatable bonds is 3. The standard InChI is InChI=1S/C9H9BrClI/c10-3-1-2-7-4-8(11)6-9(12)5-7/h4-6H,1-3H2. The van der Waals surface area contributed by atoms with Crippen molar-refractivity contribution in [3.63, 3.8) is 0 Å². The molecule has 0 heterocycles. The molecule has 0 saturated carbocycles. The normalized spacial score (nSPS) is 10.2. The van der Waals surface area contributed by atoms with Crippen LogP contribution in [0.4, 0.5) is 0 Å². The molecule has 0 amide bonds. The van der Waals surface area contributed by atoms with E-state index in [-0.39, 0.29) is 0 Å². The van der Waals surface area contributed by atoms with Crippen molar-refractivity contribution in [3.8, 4) is 0 Å². The smallest absolute Gasteiger partial charge is 0.0419 e. The molecule has 12 heavy (non-hydrogen) atoms. The third-order valence-electron chi connectivity index (χ3n) is 1.52. The minimum absolute atomic E-state index is 0.839. The number of hydrogen-bond donors (Lipinski definition) is 0. The fourth-order valence-corrected chi connectivity index (χ4v) is 2.48. The Labute approximate surface area is 100.0 Å². The predicted octanol–water partition coefficient (Wildman–Crippen LogP) is 4.27. The fraction of sp³-hybridized carbons (Fsp3) is 0.333. The molecular formula is C9H9BrClI. The minimum Gasteiger partial charge on any atom is -0.0928 e. The van der Waals surface area contributed by atoms with Gasteiger partial charge in [0.15, 0.2) is 0 Å². The van der Waals surface area contributed by atoms with E-state index in [1.54, 1.807) is 0 Å². The van der Waals surface area contributed by atoms with Crippen LogP contribution in [0.3, 0.4) is 0 Å². The summed E-state index contributed by atoms with van der Waals surface area (Å²) in [5.41, 5.74) is 1.33. The molecule has 0 unspecified atom stereocenters. The summed E-state index contributed by atoms with van der Waals surface area (Å²) in [6.07, 6.45) is 2.26. The van der Waals surface area contributed by atoms with Gasteiger partial charge in [0.25, 0.3) is 0 Å². The molecule has 0 aliphatic carbocycles. The summed E-state index contributed by atoms with van der Waals surface area (Å²) in [7, 11) is 0. The Bertz CT molecular complexity index is 242. The van der Waals surface area contributed by atoms with Gasteiger partial charge in [0.2, 0.25) is 0 Å². The number of alkyl halides is 1. The third-order valence-corrected chi connectivity index (χ3v) is 2.92. The Morgan fingerprint density at radius 1 is 1.33 bits per heavy atom. The second-order valence-electron chi connectivity index (χ2n) is 2.57. The molecule has 0 N–H and O–H groups in total. The van der Waals surface area contributed by atoms with Crippen LogP contribution in [0.25, 0.3) is 0 Å².